The lowest BCUT2D eigenvalue weighted by molar-refractivity contribution is -0.175. The molecule has 0 aromatic heterocycles. The topological polar surface area (TPSA) is 66.8 Å². The molecule has 1 N–H and O–H groups in total. The summed E-state index contributed by atoms with van der Waals surface area (Å²) in [5, 5.41) is 9.26. The summed E-state index contributed by atoms with van der Waals surface area (Å²) < 4.78 is 19.1. The zero-order chi connectivity index (χ0) is 14.9. The number of ether oxygens (including phenoxy) is 1. The van der Waals surface area contributed by atoms with E-state index >= 15 is 0 Å². The van der Waals surface area contributed by atoms with Crippen LogP contribution in [-0.2, 0) is 14.3 Å². The summed E-state index contributed by atoms with van der Waals surface area (Å²) in [6.07, 6.45) is -1.27. The summed E-state index contributed by atoms with van der Waals surface area (Å²) in [5.41, 5.74) is 0.154. The number of amides is 1. The van der Waals surface area contributed by atoms with Crippen LogP contribution in [0.15, 0.2) is 24.3 Å². The molecule has 0 radical (unpaired) electrons. The fourth-order valence-electron chi connectivity index (χ4n) is 2.47. The van der Waals surface area contributed by atoms with Crippen molar-refractivity contribution in [3.63, 3.8) is 0 Å². The Labute approximate surface area is 116 Å². The maximum atomic E-state index is 14.0. The Morgan fingerprint density at radius 3 is 2.65 bits per heavy atom. The van der Waals surface area contributed by atoms with Crippen LogP contribution in [0.3, 0.4) is 0 Å². The van der Waals surface area contributed by atoms with Crippen LogP contribution in [0.25, 0.3) is 0 Å². The predicted octanol–water partition coefficient (Wildman–Crippen LogP) is 1.59. The predicted molar refractivity (Wildman–Crippen MR) is 68.5 cm³/mol. The van der Waals surface area contributed by atoms with Crippen molar-refractivity contribution in [3.8, 4) is 0 Å². The Balaban J connectivity index is 2.52. The first-order valence-corrected chi connectivity index (χ1v) is 6.33. The van der Waals surface area contributed by atoms with Crippen LogP contribution in [0.5, 0.6) is 0 Å². The Hall–Kier alpha value is -1.95. The molecule has 1 aliphatic rings. The molecule has 0 saturated carbocycles. The summed E-state index contributed by atoms with van der Waals surface area (Å²) in [5.74, 6) is -2.10. The van der Waals surface area contributed by atoms with E-state index in [4.69, 9.17) is 4.74 Å². The van der Waals surface area contributed by atoms with Crippen molar-refractivity contribution >= 4 is 11.9 Å². The van der Waals surface area contributed by atoms with Crippen molar-refractivity contribution in [2.75, 3.05) is 6.61 Å². The Morgan fingerprint density at radius 1 is 1.45 bits per heavy atom. The van der Waals surface area contributed by atoms with Crippen LogP contribution < -0.4 is 0 Å². The highest BCUT2D eigenvalue weighted by molar-refractivity contribution is 5.83. The van der Waals surface area contributed by atoms with E-state index in [1.165, 1.54) is 23.1 Å². The maximum Gasteiger partial charge on any atom is 0.335 e. The van der Waals surface area contributed by atoms with Gasteiger partial charge in [-0.3, -0.25) is 4.79 Å². The van der Waals surface area contributed by atoms with E-state index in [9.17, 15) is 19.1 Å². The second-order valence-corrected chi connectivity index (χ2v) is 4.93. The number of carbonyl (C=O) groups excluding carboxylic acids is 1. The molecule has 0 spiro atoms. The third-order valence-corrected chi connectivity index (χ3v) is 3.28. The van der Waals surface area contributed by atoms with Crippen molar-refractivity contribution in [2.45, 2.75) is 32.0 Å². The molecule has 2 atom stereocenters. The van der Waals surface area contributed by atoms with Gasteiger partial charge in [-0.2, -0.15) is 0 Å². The quantitative estimate of drug-likeness (QED) is 0.913. The van der Waals surface area contributed by atoms with Gasteiger partial charge in [0, 0.05) is 11.6 Å². The Morgan fingerprint density at radius 2 is 2.10 bits per heavy atom. The number of morpholine rings is 1. The number of hydrogen-bond acceptors (Lipinski definition) is 3. The van der Waals surface area contributed by atoms with Crippen LogP contribution in [0.2, 0.25) is 0 Å². The highest BCUT2D eigenvalue weighted by Crippen LogP contribution is 2.33. The standard InChI is InChI=1S/C14H16FNO4/c1-8(2)16-11(17)7-20-13(14(18)19)12(16)9-5-3-4-6-10(9)15/h3-6,8,12-13H,7H2,1-2H3,(H,18,19). The molecule has 5 nitrogen and oxygen atoms in total. The van der Waals surface area contributed by atoms with Crippen molar-refractivity contribution in [1.82, 2.24) is 4.90 Å². The first kappa shape index (κ1) is 14.5. The lowest BCUT2D eigenvalue weighted by Gasteiger charge is -2.41. The van der Waals surface area contributed by atoms with Gasteiger partial charge in [0.15, 0.2) is 6.10 Å². The van der Waals surface area contributed by atoms with Gasteiger partial charge in [-0.15, -0.1) is 0 Å². The second-order valence-electron chi connectivity index (χ2n) is 4.93. The molecular weight excluding hydrogens is 265 g/mol. The molecule has 1 saturated heterocycles. The van der Waals surface area contributed by atoms with Crippen LogP contribution in [0.4, 0.5) is 4.39 Å². The smallest absolute Gasteiger partial charge is 0.335 e. The molecule has 6 heteroatoms. The van der Waals surface area contributed by atoms with E-state index in [0.29, 0.717) is 0 Å². The average molecular weight is 281 g/mol. The van der Waals surface area contributed by atoms with Crippen molar-refractivity contribution < 1.29 is 23.8 Å². The summed E-state index contributed by atoms with van der Waals surface area (Å²) >= 11 is 0. The number of carboxylic acid groups (broad SMARTS) is 1. The lowest BCUT2D eigenvalue weighted by Crippen LogP contribution is -2.54. The molecule has 1 aromatic carbocycles. The van der Waals surface area contributed by atoms with Gasteiger partial charge < -0.3 is 14.7 Å². The highest BCUT2D eigenvalue weighted by Gasteiger charge is 2.43. The van der Waals surface area contributed by atoms with Crippen LogP contribution >= 0.6 is 0 Å². The van der Waals surface area contributed by atoms with Gasteiger partial charge in [0.05, 0.1) is 6.04 Å². The molecule has 0 aliphatic carbocycles. The van der Waals surface area contributed by atoms with Crippen LogP contribution in [0, 0.1) is 5.82 Å². The maximum absolute atomic E-state index is 14.0. The van der Waals surface area contributed by atoms with E-state index in [1.807, 2.05) is 0 Å². The molecule has 1 fully saturated rings. The van der Waals surface area contributed by atoms with Crippen LogP contribution in [0.1, 0.15) is 25.5 Å². The van der Waals surface area contributed by atoms with E-state index < -0.39 is 23.9 Å². The zero-order valence-electron chi connectivity index (χ0n) is 11.2. The van der Waals surface area contributed by atoms with E-state index in [1.54, 1.807) is 19.9 Å². The number of carbonyl (C=O) groups is 2. The first-order chi connectivity index (χ1) is 9.43. The minimum atomic E-state index is -1.27. The van der Waals surface area contributed by atoms with Gasteiger partial charge in [0.25, 0.3) is 0 Å². The Kier molecular flexibility index (Phi) is 4.04. The number of rotatable bonds is 3. The average Bonchev–Trinajstić information content (AvgIpc) is 2.38. The molecule has 1 aliphatic heterocycles. The summed E-state index contributed by atoms with van der Waals surface area (Å²) in [6.45, 7) is 3.21. The summed E-state index contributed by atoms with van der Waals surface area (Å²) in [6, 6.07) is 4.63. The molecule has 0 bridgehead atoms. The molecule has 1 amide bonds. The van der Waals surface area contributed by atoms with Crippen LogP contribution in [-0.4, -0.2) is 40.6 Å². The van der Waals surface area contributed by atoms with Crippen molar-refractivity contribution in [2.24, 2.45) is 0 Å². The SMILES string of the molecule is CC(C)N1C(=O)COC(C(=O)O)C1c1ccccc1F. The molecule has 1 heterocycles. The molecule has 2 unspecified atom stereocenters. The third kappa shape index (κ3) is 2.51. The van der Waals surface area contributed by atoms with Gasteiger partial charge in [-0.1, -0.05) is 18.2 Å². The third-order valence-electron chi connectivity index (χ3n) is 3.28. The fraction of sp³-hybridized carbons (Fsp3) is 0.429. The number of hydrogen-bond donors (Lipinski definition) is 1. The van der Waals surface area contributed by atoms with Gasteiger partial charge in [0.1, 0.15) is 12.4 Å². The lowest BCUT2D eigenvalue weighted by atomic mass is 9.96. The molecule has 108 valence electrons. The minimum absolute atomic E-state index is 0.154. The monoisotopic (exact) mass is 281 g/mol. The van der Waals surface area contributed by atoms with Gasteiger partial charge >= 0.3 is 5.97 Å². The summed E-state index contributed by atoms with van der Waals surface area (Å²) in [4.78, 5) is 24.7. The van der Waals surface area contributed by atoms with E-state index in [-0.39, 0.29) is 24.1 Å². The number of halogens is 1. The molecular formula is C14H16FNO4. The number of nitrogens with zero attached hydrogens (tertiary/aromatic N) is 1. The minimum Gasteiger partial charge on any atom is -0.479 e. The second kappa shape index (κ2) is 5.58. The number of carboxylic acids is 1. The van der Waals surface area contributed by atoms with E-state index in [2.05, 4.69) is 0 Å². The number of aliphatic carboxylic acids is 1. The van der Waals surface area contributed by atoms with Gasteiger partial charge in [0.2, 0.25) is 5.91 Å². The zero-order valence-corrected chi connectivity index (χ0v) is 11.2. The first-order valence-electron chi connectivity index (χ1n) is 6.33. The Bertz CT molecular complexity index is 532. The van der Waals surface area contributed by atoms with E-state index in [0.717, 1.165) is 0 Å². The molecule has 1 aromatic rings. The van der Waals surface area contributed by atoms with Gasteiger partial charge in [-0.05, 0) is 19.9 Å². The highest BCUT2D eigenvalue weighted by atomic mass is 19.1. The largest absolute Gasteiger partial charge is 0.479 e. The normalized spacial score (nSPS) is 23.2. The number of benzene rings is 1. The van der Waals surface area contributed by atoms with Crippen molar-refractivity contribution in [3.05, 3.63) is 35.6 Å². The molecule has 2 rings (SSSR count). The fourth-order valence-corrected chi connectivity index (χ4v) is 2.47. The summed E-state index contributed by atoms with van der Waals surface area (Å²) in [7, 11) is 0. The van der Waals surface area contributed by atoms with Crippen molar-refractivity contribution in [1.29, 1.82) is 0 Å². The molecule has 20 heavy (non-hydrogen) atoms. The van der Waals surface area contributed by atoms with Gasteiger partial charge in [-0.25, -0.2) is 9.18 Å².